The minimum atomic E-state index is -0.903. The first-order valence-corrected chi connectivity index (χ1v) is 6.80. The van der Waals surface area contributed by atoms with Gasteiger partial charge in [0.05, 0.1) is 6.20 Å². The van der Waals surface area contributed by atoms with Crippen LogP contribution in [0.15, 0.2) is 18.3 Å². The molecule has 0 aromatic carbocycles. The van der Waals surface area contributed by atoms with Crippen molar-refractivity contribution in [1.82, 2.24) is 4.98 Å². The van der Waals surface area contributed by atoms with Crippen LogP contribution in [0.2, 0.25) is 0 Å². The molecule has 0 aliphatic rings. The van der Waals surface area contributed by atoms with Crippen LogP contribution in [0.25, 0.3) is 0 Å². The van der Waals surface area contributed by atoms with Crippen LogP contribution in [0.1, 0.15) is 41.5 Å². The molecule has 0 fully saturated rings. The van der Waals surface area contributed by atoms with E-state index in [0.29, 0.717) is 4.90 Å². The lowest BCUT2D eigenvalue weighted by molar-refractivity contribution is 0.0429. The number of amides is 2. The van der Waals surface area contributed by atoms with Gasteiger partial charge in [0.25, 0.3) is 0 Å². The van der Waals surface area contributed by atoms with Crippen molar-refractivity contribution in [2.45, 2.75) is 52.7 Å². The molecule has 0 aliphatic carbocycles. The number of pyridine rings is 1. The van der Waals surface area contributed by atoms with Gasteiger partial charge in [-0.2, -0.15) is 4.90 Å². The Balaban J connectivity index is 3.12. The van der Waals surface area contributed by atoms with Crippen molar-refractivity contribution in [3.63, 3.8) is 0 Å². The summed E-state index contributed by atoms with van der Waals surface area (Å²) in [5.41, 5.74) is -1.57. The third-order valence-electron chi connectivity index (χ3n) is 2.11. The summed E-state index contributed by atoms with van der Waals surface area (Å²) in [6.45, 7) is 10.1. The van der Waals surface area contributed by atoms with E-state index in [4.69, 9.17) is 9.47 Å². The summed E-state index contributed by atoms with van der Waals surface area (Å²) >= 11 is 0. The van der Waals surface area contributed by atoms with Gasteiger partial charge in [-0.1, -0.05) is 0 Å². The van der Waals surface area contributed by atoms with Gasteiger partial charge < -0.3 is 14.6 Å². The maximum Gasteiger partial charge on any atom is 0.425 e. The highest BCUT2D eigenvalue weighted by atomic mass is 16.6. The van der Waals surface area contributed by atoms with E-state index in [2.05, 4.69) is 4.98 Å². The molecule has 1 aromatic rings. The standard InChI is InChI=1S/C15H22N2O5/c1-14(2,3)21-12(19)17(13(20)22-15(4,5)6)11-8-7-10(18)9-16-11/h7-9,18H,1-6H3. The number of hydrogen-bond donors (Lipinski definition) is 1. The Morgan fingerprint density at radius 3 is 1.77 bits per heavy atom. The Kier molecular flexibility index (Phi) is 5.01. The second kappa shape index (κ2) is 6.21. The van der Waals surface area contributed by atoms with Crippen molar-refractivity contribution in [3.8, 4) is 5.75 Å². The quantitative estimate of drug-likeness (QED) is 0.854. The molecule has 7 nitrogen and oxygen atoms in total. The van der Waals surface area contributed by atoms with Crippen molar-refractivity contribution in [2.75, 3.05) is 4.90 Å². The topological polar surface area (TPSA) is 89.0 Å². The number of carbonyl (C=O) groups excluding carboxylic acids is 2. The fourth-order valence-electron chi connectivity index (χ4n) is 1.39. The molecule has 0 aliphatic heterocycles. The highest BCUT2D eigenvalue weighted by molar-refractivity contribution is 6.08. The summed E-state index contributed by atoms with van der Waals surface area (Å²) < 4.78 is 10.4. The molecule has 1 aromatic heterocycles. The minimum Gasteiger partial charge on any atom is -0.506 e. The molecule has 0 radical (unpaired) electrons. The van der Waals surface area contributed by atoms with Crippen molar-refractivity contribution < 1.29 is 24.2 Å². The monoisotopic (exact) mass is 310 g/mol. The largest absolute Gasteiger partial charge is 0.506 e. The van der Waals surface area contributed by atoms with Crippen molar-refractivity contribution in [2.24, 2.45) is 0 Å². The summed E-state index contributed by atoms with van der Waals surface area (Å²) in [6.07, 6.45) is -0.684. The minimum absolute atomic E-state index is 0.00120. The van der Waals surface area contributed by atoms with Crippen LogP contribution < -0.4 is 4.90 Å². The smallest absolute Gasteiger partial charge is 0.425 e. The van der Waals surface area contributed by atoms with Gasteiger partial charge in [0.2, 0.25) is 0 Å². The number of nitrogens with zero attached hydrogens (tertiary/aromatic N) is 2. The van der Waals surface area contributed by atoms with Gasteiger partial charge in [0.15, 0.2) is 0 Å². The fraction of sp³-hybridized carbons (Fsp3) is 0.533. The van der Waals surface area contributed by atoms with Crippen LogP contribution in [0, 0.1) is 0 Å². The van der Waals surface area contributed by atoms with E-state index in [0.717, 1.165) is 6.20 Å². The molecule has 0 spiro atoms. The molecule has 7 heteroatoms. The number of aromatic hydroxyl groups is 1. The molecule has 1 N–H and O–H groups in total. The normalized spacial score (nSPS) is 11.7. The molecule has 0 saturated heterocycles. The molecule has 22 heavy (non-hydrogen) atoms. The zero-order valence-electron chi connectivity index (χ0n) is 13.7. The first-order valence-electron chi connectivity index (χ1n) is 6.80. The summed E-state index contributed by atoms with van der Waals surface area (Å²) in [5.74, 6) is -0.0848. The zero-order chi connectivity index (χ0) is 17.1. The first-order chi connectivity index (χ1) is 9.89. The fourth-order valence-corrected chi connectivity index (χ4v) is 1.39. The summed E-state index contributed by atoms with van der Waals surface area (Å²) in [7, 11) is 0. The predicted octanol–water partition coefficient (Wildman–Crippen LogP) is 3.46. The van der Waals surface area contributed by atoms with Crippen LogP contribution in [-0.4, -0.2) is 33.5 Å². The zero-order valence-corrected chi connectivity index (χ0v) is 13.7. The van der Waals surface area contributed by atoms with E-state index in [1.54, 1.807) is 41.5 Å². The molecule has 1 rings (SSSR count). The lowest BCUT2D eigenvalue weighted by Gasteiger charge is -2.28. The first kappa shape index (κ1) is 17.7. The Morgan fingerprint density at radius 2 is 1.45 bits per heavy atom. The molecule has 1 heterocycles. The molecule has 122 valence electrons. The highest BCUT2D eigenvalue weighted by Gasteiger charge is 2.33. The number of hydrogen-bond acceptors (Lipinski definition) is 6. The van der Waals surface area contributed by atoms with Crippen molar-refractivity contribution in [3.05, 3.63) is 18.3 Å². The highest BCUT2D eigenvalue weighted by Crippen LogP contribution is 2.21. The van der Waals surface area contributed by atoms with E-state index < -0.39 is 23.4 Å². The Hall–Kier alpha value is -2.31. The molecular formula is C15H22N2O5. The molecule has 0 saturated carbocycles. The van der Waals surface area contributed by atoms with Crippen molar-refractivity contribution >= 4 is 18.0 Å². The van der Waals surface area contributed by atoms with E-state index in [1.807, 2.05) is 0 Å². The Morgan fingerprint density at radius 1 is 1.00 bits per heavy atom. The second-order valence-corrected chi connectivity index (χ2v) is 6.67. The molecule has 0 bridgehead atoms. The van der Waals surface area contributed by atoms with E-state index in [-0.39, 0.29) is 11.6 Å². The van der Waals surface area contributed by atoms with Gasteiger partial charge in [-0.25, -0.2) is 14.6 Å². The van der Waals surface area contributed by atoms with Gasteiger partial charge in [-0.15, -0.1) is 0 Å². The number of anilines is 1. The third-order valence-corrected chi connectivity index (χ3v) is 2.11. The molecule has 0 atom stereocenters. The molecule has 2 amide bonds. The average Bonchev–Trinajstić information content (AvgIpc) is 2.27. The van der Waals surface area contributed by atoms with Crippen LogP contribution >= 0.6 is 0 Å². The van der Waals surface area contributed by atoms with Crippen molar-refractivity contribution in [1.29, 1.82) is 0 Å². The summed E-state index contributed by atoms with van der Waals surface area (Å²) in [5, 5.41) is 9.28. The number of ether oxygens (including phenoxy) is 2. The van der Waals surface area contributed by atoms with E-state index >= 15 is 0 Å². The molecule has 0 unspecified atom stereocenters. The van der Waals surface area contributed by atoms with Gasteiger partial charge in [0, 0.05) is 0 Å². The van der Waals surface area contributed by atoms with Crippen LogP contribution in [0.3, 0.4) is 0 Å². The Labute approximate surface area is 129 Å². The second-order valence-electron chi connectivity index (χ2n) is 6.67. The maximum absolute atomic E-state index is 12.3. The average molecular weight is 310 g/mol. The number of imide groups is 1. The summed E-state index contributed by atoms with van der Waals surface area (Å²) in [6, 6.07) is 2.63. The van der Waals surface area contributed by atoms with Gasteiger partial charge >= 0.3 is 12.2 Å². The SMILES string of the molecule is CC(C)(C)OC(=O)N(C(=O)OC(C)(C)C)c1ccc(O)cn1. The van der Waals surface area contributed by atoms with E-state index in [9.17, 15) is 14.7 Å². The summed E-state index contributed by atoms with van der Waals surface area (Å²) in [4.78, 5) is 29.1. The Bertz CT molecular complexity index is 513. The number of carbonyl (C=O) groups is 2. The van der Waals surface area contributed by atoms with Gasteiger partial charge in [0.1, 0.15) is 22.8 Å². The van der Waals surface area contributed by atoms with E-state index in [1.165, 1.54) is 12.1 Å². The maximum atomic E-state index is 12.3. The van der Waals surface area contributed by atoms with Crippen LogP contribution in [0.4, 0.5) is 15.4 Å². The van der Waals surface area contributed by atoms with Gasteiger partial charge in [-0.3, -0.25) is 0 Å². The lowest BCUT2D eigenvalue weighted by Crippen LogP contribution is -2.44. The van der Waals surface area contributed by atoms with Crippen LogP contribution in [-0.2, 0) is 9.47 Å². The number of rotatable bonds is 1. The molecular weight excluding hydrogens is 288 g/mol. The lowest BCUT2D eigenvalue weighted by atomic mass is 10.2. The third kappa shape index (κ3) is 5.59. The number of aromatic nitrogens is 1. The van der Waals surface area contributed by atoms with Crippen LogP contribution in [0.5, 0.6) is 5.75 Å². The van der Waals surface area contributed by atoms with Gasteiger partial charge in [-0.05, 0) is 53.7 Å². The predicted molar refractivity (Wildman–Crippen MR) is 80.8 cm³/mol.